The zero-order valence-corrected chi connectivity index (χ0v) is 16.1. The fourth-order valence-corrected chi connectivity index (χ4v) is 5.43. The third-order valence-electron chi connectivity index (χ3n) is 5.69. The molecule has 0 aliphatic carbocycles. The number of carboxylic acid groups (broad SMARTS) is 1. The molecule has 1 aliphatic rings. The van der Waals surface area contributed by atoms with Crippen LogP contribution in [0.5, 0.6) is 0 Å². The molecule has 1 saturated heterocycles. The highest BCUT2D eigenvalue weighted by Crippen LogP contribution is 2.42. The summed E-state index contributed by atoms with van der Waals surface area (Å²) < 4.78 is 1.23. The number of pyridine rings is 1. The molecule has 0 radical (unpaired) electrons. The van der Waals surface area contributed by atoms with E-state index in [1.165, 1.54) is 15.6 Å². The van der Waals surface area contributed by atoms with Crippen molar-refractivity contribution >= 4 is 38.3 Å². The first-order valence-electron chi connectivity index (χ1n) is 9.52. The van der Waals surface area contributed by atoms with Crippen molar-refractivity contribution in [1.82, 2.24) is 9.88 Å². The number of aliphatic carboxylic acids is 1. The van der Waals surface area contributed by atoms with E-state index in [-0.39, 0.29) is 6.04 Å². The molecule has 1 aliphatic heterocycles. The van der Waals surface area contributed by atoms with Gasteiger partial charge in [0.25, 0.3) is 0 Å². The highest BCUT2D eigenvalue weighted by atomic mass is 32.1. The van der Waals surface area contributed by atoms with Crippen molar-refractivity contribution in [3.63, 3.8) is 0 Å². The van der Waals surface area contributed by atoms with Gasteiger partial charge in [0.15, 0.2) is 0 Å². The van der Waals surface area contributed by atoms with Crippen molar-refractivity contribution in [3.05, 3.63) is 77.3 Å². The molecule has 4 nitrogen and oxygen atoms in total. The predicted molar refractivity (Wildman–Crippen MR) is 113 cm³/mol. The quantitative estimate of drug-likeness (QED) is 0.529. The van der Waals surface area contributed by atoms with E-state index in [0.717, 1.165) is 29.4 Å². The van der Waals surface area contributed by atoms with Crippen molar-refractivity contribution in [2.24, 2.45) is 0 Å². The van der Waals surface area contributed by atoms with Crippen molar-refractivity contribution in [2.75, 3.05) is 6.54 Å². The molecule has 5 rings (SSSR count). The van der Waals surface area contributed by atoms with Crippen LogP contribution in [0.15, 0.2) is 66.2 Å². The van der Waals surface area contributed by atoms with Crippen molar-refractivity contribution in [3.8, 4) is 0 Å². The van der Waals surface area contributed by atoms with Gasteiger partial charge in [-0.2, -0.15) is 0 Å². The summed E-state index contributed by atoms with van der Waals surface area (Å²) in [6.45, 7) is 0.780. The average Bonchev–Trinajstić information content (AvgIpc) is 3.37. The summed E-state index contributed by atoms with van der Waals surface area (Å²) >= 11 is 1.72. The summed E-state index contributed by atoms with van der Waals surface area (Å²) in [7, 11) is 0. The Labute approximate surface area is 167 Å². The molecular weight excluding hydrogens is 368 g/mol. The van der Waals surface area contributed by atoms with Gasteiger partial charge in [0, 0.05) is 22.8 Å². The third kappa shape index (κ3) is 2.79. The second-order valence-electron chi connectivity index (χ2n) is 7.24. The number of aromatic nitrogens is 1. The summed E-state index contributed by atoms with van der Waals surface area (Å²) in [5.41, 5.74) is 3.25. The smallest absolute Gasteiger partial charge is 0.320 e. The molecule has 1 N–H and O–H groups in total. The van der Waals surface area contributed by atoms with Gasteiger partial charge in [0.05, 0.1) is 11.6 Å². The van der Waals surface area contributed by atoms with Crippen LogP contribution in [-0.4, -0.2) is 33.5 Å². The molecule has 5 heteroatoms. The maximum atomic E-state index is 12.0. The van der Waals surface area contributed by atoms with E-state index < -0.39 is 12.0 Å². The zero-order chi connectivity index (χ0) is 19.1. The molecule has 2 aromatic heterocycles. The van der Waals surface area contributed by atoms with E-state index in [2.05, 4.69) is 51.7 Å². The van der Waals surface area contributed by atoms with Gasteiger partial charge < -0.3 is 5.11 Å². The molecule has 4 aromatic rings. The molecule has 1 fully saturated rings. The first kappa shape index (κ1) is 17.3. The number of carbonyl (C=O) groups is 1. The lowest BCUT2D eigenvalue weighted by Gasteiger charge is -2.32. The molecule has 0 bridgehead atoms. The van der Waals surface area contributed by atoms with Gasteiger partial charge in [0.1, 0.15) is 6.04 Å². The molecule has 2 aromatic carbocycles. The van der Waals surface area contributed by atoms with Crippen molar-refractivity contribution in [1.29, 1.82) is 0 Å². The molecule has 0 amide bonds. The standard InChI is InChI=1S/C23H20N2O2S/c26-23(27)20-9-5-13-25(20)22(18-14-28-21-10-4-2-7-16(18)21)17-11-12-24-19-8-3-1-6-15(17)19/h1-4,6-8,10-12,14,20,22H,5,9,13H2,(H,26,27). The molecule has 0 spiro atoms. The van der Waals surface area contributed by atoms with Crippen molar-refractivity contribution in [2.45, 2.75) is 24.9 Å². The van der Waals surface area contributed by atoms with Gasteiger partial charge in [-0.1, -0.05) is 36.4 Å². The van der Waals surface area contributed by atoms with Crippen LogP contribution in [0.25, 0.3) is 21.0 Å². The Kier molecular flexibility index (Phi) is 4.34. The van der Waals surface area contributed by atoms with Crippen LogP contribution in [-0.2, 0) is 4.79 Å². The second-order valence-corrected chi connectivity index (χ2v) is 8.15. The van der Waals surface area contributed by atoms with Crippen LogP contribution in [0, 0.1) is 0 Å². The minimum absolute atomic E-state index is 0.104. The lowest BCUT2D eigenvalue weighted by atomic mass is 9.93. The first-order chi connectivity index (χ1) is 13.7. The number of thiophene rings is 1. The molecular formula is C23H20N2O2S. The number of fused-ring (bicyclic) bond motifs is 2. The molecule has 2 atom stereocenters. The van der Waals surface area contributed by atoms with Crippen LogP contribution in [0.4, 0.5) is 0 Å². The second kappa shape index (κ2) is 7.00. The van der Waals surface area contributed by atoms with Crippen LogP contribution in [0.3, 0.4) is 0 Å². The largest absolute Gasteiger partial charge is 0.480 e. The van der Waals surface area contributed by atoms with Gasteiger partial charge in [-0.05, 0) is 52.9 Å². The van der Waals surface area contributed by atoms with Crippen LogP contribution < -0.4 is 0 Å². The van der Waals surface area contributed by atoms with Gasteiger partial charge in [-0.15, -0.1) is 11.3 Å². The van der Waals surface area contributed by atoms with Gasteiger partial charge in [-0.25, -0.2) is 0 Å². The maximum Gasteiger partial charge on any atom is 0.320 e. The number of hydrogen-bond donors (Lipinski definition) is 1. The summed E-state index contributed by atoms with van der Waals surface area (Å²) in [5.74, 6) is -0.736. The number of carboxylic acids is 1. The molecule has 140 valence electrons. The average molecular weight is 388 g/mol. The number of para-hydroxylation sites is 1. The monoisotopic (exact) mass is 388 g/mol. The Bertz CT molecular complexity index is 1160. The Hall–Kier alpha value is -2.76. The normalized spacial score (nSPS) is 18.6. The lowest BCUT2D eigenvalue weighted by Crippen LogP contribution is -2.39. The SMILES string of the molecule is O=C(O)C1CCCN1C(c1ccnc2ccccc12)c1csc2ccccc12. The minimum Gasteiger partial charge on any atom is -0.480 e. The third-order valence-corrected chi connectivity index (χ3v) is 6.68. The fraction of sp³-hybridized carbons (Fsp3) is 0.217. The van der Waals surface area contributed by atoms with E-state index in [4.69, 9.17) is 0 Å². The number of rotatable bonds is 4. The number of benzene rings is 2. The number of likely N-dealkylation sites (tertiary alicyclic amines) is 1. The van der Waals surface area contributed by atoms with E-state index >= 15 is 0 Å². The Morgan fingerprint density at radius 2 is 1.86 bits per heavy atom. The van der Waals surface area contributed by atoms with Gasteiger partial charge in [0.2, 0.25) is 0 Å². The maximum absolute atomic E-state index is 12.0. The number of nitrogens with zero attached hydrogens (tertiary/aromatic N) is 2. The summed E-state index contributed by atoms with van der Waals surface area (Å²) in [6, 6.07) is 18.0. The Balaban J connectivity index is 1.77. The topological polar surface area (TPSA) is 53.4 Å². The minimum atomic E-state index is -0.736. The van der Waals surface area contributed by atoms with E-state index in [1.807, 2.05) is 24.4 Å². The molecule has 0 saturated carbocycles. The van der Waals surface area contributed by atoms with Crippen molar-refractivity contribution < 1.29 is 9.90 Å². The number of hydrogen-bond acceptors (Lipinski definition) is 4. The zero-order valence-electron chi connectivity index (χ0n) is 15.3. The van der Waals surface area contributed by atoms with Crippen LogP contribution in [0.1, 0.15) is 30.0 Å². The van der Waals surface area contributed by atoms with E-state index in [9.17, 15) is 9.90 Å². The fourth-order valence-electron chi connectivity index (χ4n) is 4.45. The summed E-state index contributed by atoms with van der Waals surface area (Å²) in [6.07, 6.45) is 3.43. The Morgan fingerprint density at radius 3 is 2.71 bits per heavy atom. The Morgan fingerprint density at radius 1 is 1.07 bits per heavy atom. The van der Waals surface area contributed by atoms with E-state index in [0.29, 0.717) is 6.42 Å². The van der Waals surface area contributed by atoms with Crippen LogP contribution in [0.2, 0.25) is 0 Å². The van der Waals surface area contributed by atoms with Gasteiger partial charge >= 0.3 is 5.97 Å². The van der Waals surface area contributed by atoms with Crippen LogP contribution >= 0.6 is 11.3 Å². The highest BCUT2D eigenvalue weighted by molar-refractivity contribution is 7.17. The summed E-state index contributed by atoms with van der Waals surface area (Å²) in [4.78, 5) is 18.7. The molecule has 3 heterocycles. The lowest BCUT2D eigenvalue weighted by molar-refractivity contribution is -0.142. The predicted octanol–water partition coefficient (Wildman–Crippen LogP) is 5.09. The first-order valence-corrected chi connectivity index (χ1v) is 10.4. The molecule has 28 heavy (non-hydrogen) atoms. The highest BCUT2D eigenvalue weighted by Gasteiger charge is 2.38. The van der Waals surface area contributed by atoms with E-state index in [1.54, 1.807) is 11.3 Å². The molecule has 2 unspecified atom stereocenters. The van der Waals surface area contributed by atoms with Gasteiger partial charge in [-0.3, -0.25) is 14.7 Å². The summed E-state index contributed by atoms with van der Waals surface area (Å²) in [5, 5.41) is 14.3.